The van der Waals surface area contributed by atoms with Gasteiger partial charge in [-0.1, -0.05) is 6.92 Å². The quantitative estimate of drug-likeness (QED) is 0.377. The highest BCUT2D eigenvalue weighted by Crippen LogP contribution is 2.20. The third-order valence-corrected chi connectivity index (χ3v) is 2.17. The van der Waals surface area contributed by atoms with Crippen LogP contribution in [0.4, 0.5) is 0 Å². The highest BCUT2D eigenvalue weighted by Gasteiger charge is 2.40. The molecule has 1 fully saturated rings. The van der Waals surface area contributed by atoms with E-state index in [0.717, 1.165) is 0 Å². The van der Waals surface area contributed by atoms with Crippen LogP contribution < -0.4 is 5.73 Å². The minimum absolute atomic E-state index is 0.530. The first-order valence-corrected chi connectivity index (χ1v) is 4.03. The van der Waals surface area contributed by atoms with Crippen LogP contribution in [0.15, 0.2) is 0 Å². The molecule has 5 N–H and O–H groups in total. The Morgan fingerprint density at radius 2 is 1.83 bits per heavy atom. The summed E-state index contributed by atoms with van der Waals surface area (Å²) in [5.41, 5.74) is 5.34. The lowest BCUT2D eigenvalue weighted by molar-refractivity contribution is -0.242. The molecule has 5 nitrogen and oxygen atoms in total. The third-order valence-electron chi connectivity index (χ3n) is 2.17. The number of nitrogens with two attached hydrogens (primary N) is 1. The largest absolute Gasteiger partial charge is 0.388 e. The Morgan fingerprint density at radius 3 is 2.33 bits per heavy atom. The number of ether oxygens (including phenoxy) is 1. The fourth-order valence-electron chi connectivity index (χ4n) is 1.30. The first-order valence-electron chi connectivity index (χ1n) is 4.03. The van der Waals surface area contributed by atoms with E-state index in [-0.39, 0.29) is 0 Å². The van der Waals surface area contributed by atoms with Crippen LogP contribution in [-0.2, 0) is 4.74 Å². The van der Waals surface area contributed by atoms with E-state index in [1.54, 1.807) is 6.92 Å². The van der Waals surface area contributed by atoms with E-state index >= 15 is 0 Å². The minimum Gasteiger partial charge on any atom is -0.388 e. The Morgan fingerprint density at radius 1 is 1.25 bits per heavy atom. The second-order valence-electron chi connectivity index (χ2n) is 3.03. The zero-order valence-corrected chi connectivity index (χ0v) is 6.92. The van der Waals surface area contributed by atoms with Gasteiger partial charge >= 0.3 is 0 Å². The molecule has 0 radical (unpaired) electrons. The van der Waals surface area contributed by atoms with Gasteiger partial charge in [0.1, 0.15) is 12.2 Å². The highest BCUT2D eigenvalue weighted by atomic mass is 16.6. The topological polar surface area (TPSA) is 95.9 Å². The molecule has 12 heavy (non-hydrogen) atoms. The van der Waals surface area contributed by atoms with Gasteiger partial charge in [0.25, 0.3) is 0 Å². The average molecular weight is 177 g/mol. The van der Waals surface area contributed by atoms with E-state index in [4.69, 9.17) is 15.6 Å². The molecule has 1 heterocycles. The van der Waals surface area contributed by atoms with Crippen molar-refractivity contribution in [2.45, 2.75) is 44.0 Å². The molecule has 0 saturated carbocycles. The Labute approximate surface area is 70.8 Å². The predicted molar refractivity (Wildman–Crippen MR) is 41.2 cm³/mol. The van der Waals surface area contributed by atoms with Crippen molar-refractivity contribution in [1.29, 1.82) is 0 Å². The van der Waals surface area contributed by atoms with Crippen LogP contribution in [0.1, 0.15) is 13.3 Å². The summed E-state index contributed by atoms with van der Waals surface area (Å²) in [6, 6.07) is -0.928. The standard InChI is InChI=1S/C7H15NO4/c1-2-3-5(9)6(10)4(8)7(11)12-3/h3-7,9-11H,2,8H2,1H3/t3-,4-,5+,6-,7+/m1/s1. The molecule has 1 aliphatic rings. The molecule has 72 valence electrons. The molecule has 0 aliphatic carbocycles. The molecule has 0 amide bonds. The van der Waals surface area contributed by atoms with Gasteiger partial charge in [-0.05, 0) is 6.42 Å². The zero-order valence-electron chi connectivity index (χ0n) is 6.92. The smallest absolute Gasteiger partial charge is 0.172 e. The van der Waals surface area contributed by atoms with Crippen LogP contribution in [0.25, 0.3) is 0 Å². The van der Waals surface area contributed by atoms with Crippen molar-refractivity contribution in [1.82, 2.24) is 0 Å². The van der Waals surface area contributed by atoms with Crippen molar-refractivity contribution in [3.8, 4) is 0 Å². The number of rotatable bonds is 1. The van der Waals surface area contributed by atoms with Crippen molar-refractivity contribution >= 4 is 0 Å². The summed E-state index contributed by atoms with van der Waals surface area (Å²) in [6.07, 6.45) is -3.31. The second kappa shape index (κ2) is 3.68. The Kier molecular flexibility index (Phi) is 3.03. The Bertz CT molecular complexity index is 150. The molecular weight excluding hydrogens is 162 g/mol. The van der Waals surface area contributed by atoms with Crippen LogP contribution in [0.3, 0.4) is 0 Å². The Balaban J connectivity index is 2.63. The molecule has 0 unspecified atom stereocenters. The van der Waals surface area contributed by atoms with E-state index in [2.05, 4.69) is 0 Å². The molecule has 1 rings (SSSR count). The molecule has 5 atom stereocenters. The summed E-state index contributed by atoms with van der Waals surface area (Å²) in [5, 5.41) is 27.8. The summed E-state index contributed by atoms with van der Waals surface area (Å²) in [6.45, 7) is 1.80. The van der Waals surface area contributed by atoms with Crippen molar-refractivity contribution in [2.75, 3.05) is 0 Å². The van der Waals surface area contributed by atoms with Crippen molar-refractivity contribution in [3.05, 3.63) is 0 Å². The molecule has 1 aliphatic heterocycles. The summed E-state index contributed by atoms with van der Waals surface area (Å²) < 4.78 is 4.95. The first-order chi connectivity index (χ1) is 5.57. The minimum atomic E-state index is -1.19. The average Bonchev–Trinajstić information content (AvgIpc) is 2.08. The first kappa shape index (κ1) is 9.88. The number of aliphatic hydroxyl groups is 3. The van der Waals surface area contributed by atoms with Gasteiger partial charge in [-0.2, -0.15) is 0 Å². The number of hydrogen-bond donors (Lipinski definition) is 4. The molecule has 0 bridgehead atoms. The van der Waals surface area contributed by atoms with Crippen LogP contribution in [0, 0.1) is 0 Å². The maximum Gasteiger partial charge on any atom is 0.172 e. The fourth-order valence-corrected chi connectivity index (χ4v) is 1.30. The van der Waals surface area contributed by atoms with E-state index in [9.17, 15) is 10.2 Å². The van der Waals surface area contributed by atoms with Gasteiger partial charge in [0.05, 0.1) is 12.1 Å². The zero-order chi connectivity index (χ0) is 9.30. The lowest BCUT2D eigenvalue weighted by Gasteiger charge is -2.38. The van der Waals surface area contributed by atoms with Crippen LogP contribution >= 0.6 is 0 Å². The van der Waals surface area contributed by atoms with Crippen LogP contribution in [-0.4, -0.2) is 46.0 Å². The van der Waals surface area contributed by atoms with Crippen LogP contribution in [0.5, 0.6) is 0 Å². The summed E-state index contributed by atoms with van der Waals surface area (Å²) >= 11 is 0. The van der Waals surface area contributed by atoms with Gasteiger partial charge in [0, 0.05) is 0 Å². The molecule has 0 spiro atoms. The van der Waals surface area contributed by atoms with Crippen LogP contribution in [0.2, 0.25) is 0 Å². The summed E-state index contributed by atoms with van der Waals surface area (Å²) in [5.74, 6) is 0. The lowest BCUT2D eigenvalue weighted by Crippen LogP contribution is -2.60. The van der Waals surface area contributed by atoms with E-state index < -0.39 is 30.6 Å². The molecular formula is C7H15NO4. The summed E-state index contributed by atoms with van der Waals surface area (Å²) in [4.78, 5) is 0. The van der Waals surface area contributed by atoms with Gasteiger partial charge in [-0.3, -0.25) is 0 Å². The fraction of sp³-hybridized carbons (Fsp3) is 1.00. The van der Waals surface area contributed by atoms with Crippen molar-refractivity contribution in [3.63, 3.8) is 0 Å². The van der Waals surface area contributed by atoms with E-state index in [0.29, 0.717) is 6.42 Å². The van der Waals surface area contributed by atoms with Gasteiger partial charge in [-0.15, -0.1) is 0 Å². The lowest BCUT2D eigenvalue weighted by atomic mass is 9.96. The van der Waals surface area contributed by atoms with Gasteiger partial charge in [0.2, 0.25) is 0 Å². The monoisotopic (exact) mass is 177 g/mol. The van der Waals surface area contributed by atoms with Gasteiger partial charge in [0.15, 0.2) is 6.29 Å². The van der Waals surface area contributed by atoms with Crippen molar-refractivity contribution < 1.29 is 20.1 Å². The maximum atomic E-state index is 9.36. The van der Waals surface area contributed by atoms with Crippen molar-refractivity contribution in [2.24, 2.45) is 5.73 Å². The highest BCUT2D eigenvalue weighted by molar-refractivity contribution is 4.90. The number of aliphatic hydroxyl groups excluding tert-OH is 3. The maximum absolute atomic E-state index is 9.36. The van der Waals surface area contributed by atoms with Gasteiger partial charge < -0.3 is 25.8 Å². The molecule has 0 aromatic carbocycles. The molecule has 5 heteroatoms. The SMILES string of the molecule is CC[C@H]1O[C@H](O)[C@H](N)[C@@H](O)[C@H]1O. The predicted octanol–water partition coefficient (Wildman–Crippen LogP) is -1.84. The Hall–Kier alpha value is -0.200. The molecule has 0 aromatic rings. The second-order valence-corrected chi connectivity index (χ2v) is 3.03. The number of hydrogen-bond acceptors (Lipinski definition) is 5. The molecule has 0 aromatic heterocycles. The third kappa shape index (κ3) is 1.60. The summed E-state index contributed by atoms with van der Waals surface area (Å²) in [7, 11) is 0. The van der Waals surface area contributed by atoms with Gasteiger partial charge in [-0.25, -0.2) is 0 Å². The molecule has 1 saturated heterocycles. The van der Waals surface area contributed by atoms with E-state index in [1.165, 1.54) is 0 Å². The normalized spacial score (nSPS) is 49.2. The van der Waals surface area contributed by atoms with E-state index in [1.807, 2.05) is 0 Å².